The molecule has 0 aromatic carbocycles. The molecular formula is C7H13O5+. The van der Waals surface area contributed by atoms with E-state index in [0.717, 1.165) is 0 Å². The lowest BCUT2D eigenvalue weighted by Crippen LogP contribution is -2.54. The van der Waals surface area contributed by atoms with Gasteiger partial charge in [0.2, 0.25) is 12.7 Å². The van der Waals surface area contributed by atoms with Gasteiger partial charge in [-0.2, -0.15) is 0 Å². The van der Waals surface area contributed by atoms with E-state index in [0.29, 0.717) is 6.61 Å². The van der Waals surface area contributed by atoms with Gasteiger partial charge in [-0.15, -0.1) is 0 Å². The Morgan fingerprint density at radius 1 is 1.08 bits per heavy atom. The van der Waals surface area contributed by atoms with Crippen molar-refractivity contribution in [1.82, 2.24) is 0 Å². The first-order valence-electron chi connectivity index (χ1n) is 4.00. The predicted molar refractivity (Wildman–Crippen MR) is 38.6 cm³/mol. The van der Waals surface area contributed by atoms with Crippen LogP contribution in [-0.4, -0.2) is 64.2 Å². The van der Waals surface area contributed by atoms with Crippen LogP contribution < -0.4 is 0 Å². The van der Waals surface area contributed by atoms with E-state index in [1.807, 2.05) is 0 Å². The molecule has 0 radical (unpaired) electrons. The summed E-state index contributed by atoms with van der Waals surface area (Å²) in [6, 6.07) is 0. The summed E-state index contributed by atoms with van der Waals surface area (Å²) in [4.78, 5) is 0. The van der Waals surface area contributed by atoms with Crippen molar-refractivity contribution in [2.24, 2.45) is 0 Å². The minimum Gasteiger partial charge on any atom is -0.400 e. The first kappa shape index (κ1) is 8.40. The molecule has 0 spiro atoms. The molecule has 2 saturated heterocycles. The second-order valence-electron chi connectivity index (χ2n) is 3.37. The van der Waals surface area contributed by atoms with Gasteiger partial charge >= 0.3 is 0 Å². The Kier molecular flexibility index (Phi) is 1.85. The van der Waals surface area contributed by atoms with Gasteiger partial charge < -0.3 is 24.8 Å². The first-order chi connectivity index (χ1) is 5.66. The summed E-state index contributed by atoms with van der Waals surface area (Å²) in [6.45, 7) is 0.354. The van der Waals surface area contributed by atoms with Gasteiger partial charge in [-0.05, 0) is 0 Å². The molecule has 2 aliphatic rings. The van der Waals surface area contributed by atoms with Gasteiger partial charge in [-0.3, -0.25) is 0 Å². The van der Waals surface area contributed by atoms with Crippen LogP contribution in [-0.2, 0) is 4.37 Å². The van der Waals surface area contributed by atoms with E-state index in [1.54, 1.807) is 0 Å². The van der Waals surface area contributed by atoms with Gasteiger partial charge in [-0.25, -0.2) is 0 Å². The summed E-state index contributed by atoms with van der Waals surface area (Å²) in [5.41, 5.74) is 0. The summed E-state index contributed by atoms with van der Waals surface area (Å²) in [6.07, 6.45) is -3.77. The maximum atomic E-state index is 9.37. The van der Waals surface area contributed by atoms with Gasteiger partial charge in [0, 0.05) is 0 Å². The summed E-state index contributed by atoms with van der Waals surface area (Å²) in [5.74, 6) is 0. The van der Waals surface area contributed by atoms with Crippen molar-refractivity contribution >= 4 is 0 Å². The molecule has 4 N–H and O–H groups in total. The van der Waals surface area contributed by atoms with Crippen molar-refractivity contribution in [3.05, 3.63) is 0 Å². The van der Waals surface area contributed by atoms with Crippen molar-refractivity contribution < 1.29 is 24.8 Å². The first-order valence-corrected chi connectivity index (χ1v) is 4.00. The SMILES string of the molecule is OC[C@@H]1[C@@H](O)[C@H](O)[C@H](O)[C@@H]2C[O+]12. The molecule has 2 heterocycles. The maximum Gasteiger partial charge on any atom is 0.254 e. The van der Waals surface area contributed by atoms with Crippen LogP contribution in [0.2, 0.25) is 0 Å². The molecule has 70 valence electrons. The average Bonchev–Trinajstić information content (AvgIpc) is 2.81. The van der Waals surface area contributed by atoms with Crippen LogP contribution in [0.1, 0.15) is 0 Å². The molecule has 0 aliphatic carbocycles. The number of hydrogen-bond acceptors (Lipinski definition) is 4. The zero-order valence-corrected chi connectivity index (χ0v) is 6.50. The molecule has 2 fully saturated rings. The van der Waals surface area contributed by atoms with Crippen molar-refractivity contribution in [2.45, 2.75) is 30.5 Å². The van der Waals surface area contributed by atoms with E-state index in [2.05, 4.69) is 4.37 Å². The third-order valence-corrected chi connectivity index (χ3v) is 2.66. The fourth-order valence-electron chi connectivity index (χ4n) is 1.80. The molecule has 12 heavy (non-hydrogen) atoms. The second kappa shape index (κ2) is 2.65. The van der Waals surface area contributed by atoms with Crippen LogP contribution >= 0.6 is 0 Å². The Morgan fingerprint density at radius 3 is 2.33 bits per heavy atom. The van der Waals surface area contributed by atoms with Crippen LogP contribution in [0.15, 0.2) is 0 Å². The number of aliphatic hydroxyl groups is 4. The fourth-order valence-corrected chi connectivity index (χ4v) is 1.80. The van der Waals surface area contributed by atoms with Crippen molar-refractivity contribution in [3.8, 4) is 0 Å². The monoisotopic (exact) mass is 177 g/mol. The summed E-state index contributed by atoms with van der Waals surface area (Å²) >= 11 is 0. The lowest BCUT2D eigenvalue weighted by atomic mass is 9.99. The van der Waals surface area contributed by atoms with Crippen LogP contribution in [0.25, 0.3) is 0 Å². The largest absolute Gasteiger partial charge is 0.400 e. The zero-order chi connectivity index (χ0) is 8.88. The summed E-state index contributed by atoms with van der Waals surface area (Å²) < 4.78 is 2.58. The van der Waals surface area contributed by atoms with E-state index in [1.165, 1.54) is 0 Å². The standard InChI is InChI=1S/C7H13O5/c8-1-3-5(9)7(11)6(10)4-2-12(3)4/h3-11H,1-2H2/q+1/t3-,4+,5-,6-,7+/m1/s1. The van der Waals surface area contributed by atoms with Crippen molar-refractivity contribution in [3.63, 3.8) is 0 Å². The Hall–Kier alpha value is -0.200. The zero-order valence-electron chi connectivity index (χ0n) is 6.50. The second-order valence-corrected chi connectivity index (χ2v) is 3.37. The van der Waals surface area contributed by atoms with Crippen molar-refractivity contribution in [2.75, 3.05) is 13.2 Å². The molecule has 5 atom stereocenters. The van der Waals surface area contributed by atoms with E-state index in [9.17, 15) is 15.3 Å². The van der Waals surface area contributed by atoms with E-state index in [4.69, 9.17) is 5.11 Å². The number of rotatable bonds is 1. The molecule has 5 heteroatoms. The number of fused-ring (bicyclic) bond motifs is 1. The summed E-state index contributed by atoms with van der Waals surface area (Å²) in [7, 11) is 0. The van der Waals surface area contributed by atoms with Gasteiger partial charge in [-0.1, -0.05) is 0 Å². The molecule has 0 amide bonds. The minimum atomic E-state index is -1.14. The molecule has 0 aromatic rings. The third-order valence-electron chi connectivity index (χ3n) is 2.66. The third kappa shape index (κ3) is 0.982. The number of epoxide rings is 1. The molecular weight excluding hydrogens is 164 g/mol. The smallest absolute Gasteiger partial charge is 0.254 e. The lowest BCUT2D eigenvalue weighted by Gasteiger charge is -2.29. The van der Waals surface area contributed by atoms with Crippen LogP contribution in [0.4, 0.5) is 0 Å². The van der Waals surface area contributed by atoms with E-state index >= 15 is 0 Å². The fraction of sp³-hybridized carbons (Fsp3) is 1.00. The predicted octanol–water partition coefficient (Wildman–Crippen LogP) is -2.62. The highest BCUT2D eigenvalue weighted by molar-refractivity contribution is 5.02. The highest BCUT2D eigenvalue weighted by Gasteiger charge is 2.64. The average molecular weight is 177 g/mol. The number of aliphatic hydroxyl groups excluding tert-OH is 4. The molecule has 5 nitrogen and oxygen atoms in total. The Labute approximate surface area is 69.5 Å². The van der Waals surface area contributed by atoms with Gasteiger partial charge in [0.05, 0.1) is 0 Å². The summed E-state index contributed by atoms with van der Waals surface area (Å²) in [5, 5.41) is 36.8. The van der Waals surface area contributed by atoms with Gasteiger partial charge in [0.25, 0.3) is 6.10 Å². The molecule has 2 rings (SSSR count). The normalized spacial score (nSPS) is 53.5. The maximum absolute atomic E-state index is 9.37. The van der Waals surface area contributed by atoms with Crippen LogP contribution in [0.3, 0.4) is 0 Å². The quantitative estimate of drug-likeness (QED) is 0.261. The molecule has 0 unspecified atom stereocenters. The van der Waals surface area contributed by atoms with Crippen LogP contribution in [0.5, 0.6) is 0 Å². The van der Waals surface area contributed by atoms with E-state index in [-0.39, 0.29) is 12.7 Å². The Bertz CT molecular complexity index is 185. The molecule has 0 bridgehead atoms. The molecule has 2 aliphatic heterocycles. The van der Waals surface area contributed by atoms with E-state index < -0.39 is 24.4 Å². The van der Waals surface area contributed by atoms with Crippen molar-refractivity contribution in [1.29, 1.82) is 0 Å². The Balaban J connectivity index is 2.11. The topological polar surface area (TPSA) is 83.6 Å². The number of hydrogen-bond donors (Lipinski definition) is 4. The molecule has 0 saturated carbocycles. The molecule has 0 aromatic heterocycles. The highest BCUT2D eigenvalue weighted by Crippen LogP contribution is 2.39. The van der Waals surface area contributed by atoms with Gasteiger partial charge in [0.1, 0.15) is 12.7 Å². The van der Waals surface area contributed by atoms with Gasteiger partial charge in [0.15, 0.2) is 12.2 Å². The Morgan fingerprint density at radius 2 is 1.75 bits per heavy atom. The highest BCUT2D eigenvalue weighted by atomic mass is 16.8. The lowest BCUT2D eigenvalue weighted by molar-refractivity contribution is -0.215. The van der Waals surface area contributed by atoms with Crippen LogP contribution in [0, 0.1) is 0 Å². The minimum absolute atomic E-state index is 0.152.